The van der Waals surface area contributed by atoms with E-state index in [1.165, 1.54) is 23.9 Å². The van der Waals surface area contributed by atoms with Crippen molar-refractivity contribution in [1.82, 2.24) is 24.7 Å². The molecule has 0 aliphatic carbocycles. The third kappa shape index (κ3) is 4.40. The Hall–Kier alpha value is -3.49. The first-order valence-corrected chi connectivity index (χ1v) is 11.4. The molecule has 0 atom stereocenters. The van der Waals surface area contributed by atoms with Crippen LogP contribution in [0.2, 0.25) is 5.02 Å². The number of benzene rings is 2. The predicted octanol–water partition coefficient (Wildman–Crippen LogP) is 6.38. The molecule has 2 aromatic carbocycles. The van der Waals surface area contributed by atoms with Gasteiger partial charge in [-0.3, -0.25) is 9.55 Å². The third-order valence-electron chi connectivity index (χ3n) is 5.02. The van der Waals surface area contributed by atoms with E-state index in [1.54, 1.807) is 30.8 Å². The number of thioether (sulfide) groups is 1. The summed E-state index contributed by atoms with van der Waals surface area (Å²) in [7, 11) is 0. The van der Waals surface area contributed by atoms with Crippen molar-refractivity contribution in [3.05, 3.63) is 95.4 Å². The van der Waals surface area contributed by atoms with Crippen LogP contribution in [-0.4, -0.2) is 24.7 Å². The van der Waals surface area contributed by atoms with Gasteiger partial charge in [-0.05, 0) is 55.0 Å². The fraction of sp³-hybridized carbons (Fsp3) is 0.0833. The highest BCUT2D eigenvalue weighted by Crippen LogP contribution is 2.33. The number of pyridine rings is 1. The van der Waals surface area contributed by atoms with Crippen molar-refractivity contribution >= 4 is 23.4 Å². The lowest BCUT2D eigenvalue weighted by molar-refractivity contribution is 0.571. The van der Waals surface area contributed by atoms with Gasteiger partial charge in [0.25, 0.3) is 0 Å². The van der Waals surface area contributed by atoms with Crippen LogP contribution >= 0.6 is 23.4 Å². The highest BCUT2D eigenvalue weighted by atomic mass is 35.5. The lowest BCUT2D eigenvalue weighted by Crippen LogP contribution is -2.02. The maximum absolute atomic E-state index is 13.5. The van der Waals surface area contributed by atoms with Crippen molar-refractivity contribution in [3.63, 3.8) is 0 Å². The Morgan fingerprint density at radius 2 is 1.85 bits per heavy atom. The molecule has 0 bridgehead atoms. The first-order chi connectivity index (χ1) is 16.1. The summed E-state index contributed by atoms with van der Waals surface area (Å²) in [5.41, 5.74) is 4.00. The summed E-state index contributed by atoms with van der Waals surface area (Å²) in [6.45, 7) is 1.96. The van der Waals surface area contributed by atoms with Crippen molar-refractivity contribution in [3.8, 4) is 28.5 Å². The van der Waals surface area contributed by atoms with E-state index in [0.29, 0.717) is 38.9 Å². The average molecular weight is 478 g/mol. The molecule has 0 N–H and O–H groups in total. The second-order valence-electron chi connectivity index (χ2n) is 7.20. The van der Waals surface area contributed by atoms with E-state index in [0.717, 1.165) is 16.8 Å². The molecule has 0 radical (unpaired) electrons. The van der Waals surface area contributed by atoms with Crippen LogP contribution in [0.4, 0.5) is 4.39 Å². The number of hydrogen-bond acceptors (Lipinski definition) is 6. The van der Waals surface area contributed by atoms with Gasteiger partial charge in [0, 0.05) is 34.3 Å². The van der Waals surface area contributed by atoms with Gasteiger partial charge in [0.1, 0.15) is 12.1 Å². The van der Waals surface area contributed by atoms with Gasteiger partial charge in [0.05, 0.1) is 11.4 Å². The molecule has 6 nitrogen and oxygen atoms in total. The lowest BCUT2D eigenvalue weighted by Gasteiger charge is -2.13. The minimum atomic E-state index is -0.338. The molecule has 3 aromatic heterocycles. The van der Waals surface area contributed by atoms with Gasteiger partial charge >= 0.3 is 0 Å². The summed E-state index contributed by atoms with van der Waals surface area (Å²) in [4.78, 5) is 8.59. The summed E-state index contributed by atoms with van der Waals surface area (Å²) in [5.74, 6) is 1.21. The number of nitrogens with zero attached hydrogens (tertiary/aromatic N) is 5. The first-order valence-electron chi connectivity index (χ1n) is 10.0. The summed E-state index contributed by atoms with van der Waals surface area (Å²) >= 11 is 7.88. The number of halogens is 2. The molecule has 0 aliphatic heterocycles. The van der Waals surface area contributed by atoms with Crippen molar-refractivity contribution in [2.75, 3.05) is 0 Å². The molecule has 164 valence electrons. The van der Waals surface area contributed by atoms with Crippen LogP contribution in [0.25, 0.3) is 28.5 Å². The minimum absolute atomic E-state index is 0.338. The highest BCUT2D eigenvalue weighted by molar-refractivity contribution is 7.98. The van der Waals surface area contributed by atoms with Gasteiger partial charge in [0.2, 0.25) is 5.89 Å². The van der Waals surface area contributed by atoms with E-state index < -0.39 is 0 Å². The molecule has 5 rings (SSSR count). The second kappa shape index (κ2) is 9.17. The first kappa shape index (κ1) is 21.4. The van der Waals surface area contributed by atoms with Crippen LogP contribution in [-0.2, 0) is 5.75 Å². The van der Waals surface area contributed by atoms with Crippen LogP contribution in [0.1, 0.15) is 11.3 Å². The molecule has 5 aromatic rings. The number of rotatable bonds is 6. The lowest BCUT2D eigenvalue weighted by atomic mass is 10.2. The zero-order valence-electron chi connectivity index (χ0n) is 17.4. The Balaban J connectivity index is 1.48. The largest absolute Gasteiger partial charge is 0.444 e. The molecule has 0 unspecified atom stereocenters. The SMILES string of the molecule is Cc1c(Cl)cccc1-n1c(SCc2coc(-c3cccc(F)c3)n2)nnc1-c1ccncc1. The Labute approximate surface area is 198 Å². The van der Waals surface area contributed by atoms with Crippen LogP contribution < -0.4 is 0 Å². The quantitative estimate of drug-likeness (QED) is 0.264. The Bertz CT molecular complexity index is 1420. The van der Waals surface area contributed by atoms with Gasteiger partial charge in [-0.25, -0.2) is 9.37 Å². The molecule has 33 heavy (non-hydrogen) atoms. The van der Waals surface area contributed by atoms with Crippen LogP contribution in [0.5, 0.6) is 0 Å². The minimum Gasteiger partial charge on any atom is -0.444 e. The van der Waals surface area contributed by atoms with E-state index in [1.807, 2.05) is 41.8 Å². The summed E-state index contributed by atoms with van der Waals surface area (Å²) in [5, 5.41) is 10.2. The zero-order chi connectivity index (χ0) is 22.8. The summed E-state index contributed by atoms with van der Waals surface area (Å²) in [6.07, 6.45) is 5.01. The Morgan fingerprint density at radius 1 is 1.03 bits per heavy atom. The Morgan fingerprint density at radius 3 is 2.67 bits per heavy atom. The van der Waals surface area contributed by atoms with Crippen molar-refractivity contribution in [2.45, 2.75) is 17.8 Å². The normalized spacial score (nSPS) is 11.1. The van der Waals surface area contributed by atoms with Gasteiger partial charge < -0.3 is 4.42 Å². The average Bonchev–Trinajstić information content (AvgIpc) is 3.47. The topological polar surface area (TPSA) is 69.6 Å². The van der Waals surface area contributed by atoms with Crippen molar-refractivity contribution in [2.24, 2.45) is 0 Å². The third-order valence-corrected chi connectivity index (χ3v) is 6.40. The van der Waals surface area contributed by atoms with Crippen molar-refractivity contribution in [1.29, 1.82) is 0 Å². The Kier molecular flexibility index (Phi) is 5.93. The van der Waals surface area contributed by atoms with Crippen molar-refractivity contribution < 1.29 is 8.81 Å². The maximum atomic E-state index is 13.5. The molecule has 0 amide bonds. The standard InChI is InChI=1S/C24H17ClFN5OS/c1-15-20(25)6-3-7-21(15)31-22(16-8-10-27-11-9-16)29-30-24(31)33-14-19-13-32-23(28-19)17-4-2-5-18(26)12-17/h2-13H,14H2,1H3. The zero-order valence-corrected chi connectivity index (χ0v) is 19.0. The highest BCUT2D eigenvalue weighted by Gasteiger charge is 2.19. The molecule has 0 spiro atoms. The van der Waals surface area contributed by atoms with E-state index >= 15 is 0 Å². The smallest absolute Gasteiger partial charge is 0.226 e. The second-order valence-corrected chi connectivity index (χ2v) is 8.55. The van der Waals surface area contributed by atoms with E-state index in [-0.39, 0.29) is 5.82 Å². The van der Waals surface area contributed by atoms with Gasteiger partial charge in [0.15, 0.2) is 11.0 Å². The predicted molar refractivity (Wildman–Crippen MR) is 126 cm³/mol. The van der Waals surface area contributed by atoms with Crippen LogP contribution in [0, 0.1) is 12.7 Å². The number of oxazole rings is 1. The van der Waals surface area contributed by atoms with Gasteiger partial charge in [-0.2, -0.15) is 0 Å². The monoisotopic (exact) mass is 477 g/mol. The number of aromatic nitrogens is 5. The number of hydrogen-bond donors (Lipinski definition) is 0. The van der Waals surface area contributed by atoms with E-state index in [4.69, 9.17) is 16.0 Å². The molecule has 3 heterocycles. The maximum Gasteiger partial charge on any atom is 0.226 e. The fourth-order valence-corrected chi connectivity index (χ4v) is 4.36. The molecule has 0 saturated carbocycles. The molecule has 0 saturated heterocycles. The molecular formula is C24H17ClFN5OS. The molecule has 0 fully saturated rings. The van der Waals surface area contributed by atoms with Gasteiger partial charge in [-0.1, -0.05) is 35.5 Å². The van der Waals surface area contributed by atoms with E-state index in [2.05, 4.69) is 20.2 Å². The summed E-state index contributed by atoms with van der Waals surface area (Å²) < 4.78 is 21.1. The molecular weight excluding hydrogens is 461 g/mol. The molecule has 9 heteroatoms. The fourth-order valence-electron chi connectivity index (χ4n) is 3.37. The summed E-state index contributed by atoms with van der Waals surface area (Å²) in [6, 6.07) is 15.7. The van der Waals surface area contributed by atoms with E-state index in [9.17, 15) is 4.39 Å². The van der Waals surface area contributed by atoms with Gasteiger partial charge in [-0.15, -0.1) is 10.2 Å². The van der Waals surface area contributed by atoms with Crippen LogP contribution in [0.15, 0.2) is 82.8 Å². The van der Waals surface area contributed by atoms with Crippen LogP contribution in [0.3, 0.4) is 0 Å². The molecule has 0 aliphatic rings.